The number of aryl methyl sites for hydroxylation is 4. The van der Waals surface area contributed by atoms with E-state index in [0.29, 0.717) is 23.7 Å². The summed E-state index contributed by atoms with van der Waals surface area (Å²) in [6.07, 6.45) is 3.84. The summed E-state index contributed by atoms with van der Waals surface area (Å²) in [5.41, 5.74) is 3.14. The van der Waals surface area contributed by atoms with Crippen LogP contribution in [0.2, 0.25) is 0 Å². The molecule has 0 spiro atoms. The van der Waals surface area contributed by atoms with Gasteiger partial charge in [0.05, 0.1) is 5.69 Å². The molecule has 0 bridgehead atoms. The highest BCUT2D eigenvalue weighted by molar-refractivity contribution is 7.89. The molecule has 0 radical (unpaired) electrons. The van der Waals surface area contributed by atoms with Crippen LogP contribution >= 0.6 is 11.3 Å². The maximum Gasteiger partial charge on any atom is 0.266 e. The van der Waals surface area contributed by atoms with Crippen molar-refractivity contribution in [3.63, 3.8) is 0 Å². The molecule has 0 aromatic carbocycles. The molecule has 1 aliphatic rings. The fraction of sp³-hybridized carbons (Fsp3) is 0.348. The average molecular weight is 500 g/mol. The van der Waals surface area contributed by atoms with Crippen LogP contribution in [0.25, 0.3) is 15.9 Å². The van der Waals surface area contributed by atoms with Crippen molar-refractivity contribution in [1.82, 2.24) is 23.9 Å². The Morgan fingerprint density at radius 2 is 1.74 bits per heavy atom. The van der Waals surface area contributed by atoms with Gasteiger partial charge in [0.2, 0.25) is 10.0 Å². The van der Waals surface area contributed by atoms with E-state index in [1.165, 1.54) is 15.6 Å². The summed E-state index contributed by atoms with van der Waals surface area (Å²) >= 11 is 1.38. The van der Waals surface area contributed by atoms with Crippen molar-refractivity contribution in [2.75, 3.05) is 26.2 Å². The van der Waals surface area contributed by atoms with Gasteiger partial charge in [-0.25, -0.2) is 13.4 Å². The van der Waals surface area contributed by atoms with Gasteiger partial charge in [-0.3, -0.25) is 4.79 Å². The number of amides is 1. The molecular formula is C23H25N5O4S2. The van der Waals surface area contributed by atoms with Crippen molar-refractivity contribution in [1.29, 1.82) is 0 Å². The predicted octanol–water partition coefficient (Wildman–Crippen LogP) is 3.46. The second-order valence-corrected chi connectivity index (χ2v) is 11.4. The van der Waals surface area contributed by atoms with Gasteiger partial charge in [0.15, 0.2) is 5.76 Å². The Labute approximate surface area is 201 Å². The lowest BCUT2D eigenvalue weighted by molar-refractivity contribution is 0.0702. The van der Waals surface area contributed by atoms with Gasteiger partial charge in [-0.05, 0) is 51.5 Å². The van der Waals surface area contributed by atoms with E-state index in [1.54, 1.807) is 18.7 Å². The minimum atomic E-state index is -3.74. The Balaban J connectivity index is 1.45. The molecule has 5 heterocycles. The Morgan fingerprint density at radius 3 is 2.35 bits per heavy atom. The van der Waals surface area contributed by atoms with E-state index in [9.17, 15) is 13.2 Å². The molecule has 0 N–H and O–H groups in total. The zero-order chi connectivity index (χ0) is 24.2. The average Bonchev–Trinajstić information content (AvgIpc) is 3.52. The minimum absolute atomic E-state index is 0.113. The number of pyridine rings is 1. The highest BCUT2D eigenvalue weighted by Crippen LogP contribution is 2.37. The Hall–Kier alpha value is -3.02. The van der Waals surface area contributed by atoms with Crippen molar-refractivity contribution in [2.45, 2.75) is 32.6 Å². The molecule has 1 aliphatic heterocycles. The number of hydrogen-bond acceptors (Lipinski definition) is 7. The number of sulfonamides is 1. The fourth-order valence-corrected chi connectivity index (χ4v) is 7.52. The highest BCUT2D eigenvalue weighted by Gasteiger charge is 2.35. The number of hydrogen-bond donors (Lipinski definition) is 0. The van der Waals surface area contributed by atoms with Crippen molar-refractivity contribution < 1.29 is 17.7 Å². The van der Waals surface area contributed by atoms with Crippen LogP contribution in [0.1, 0.15) is 32.4 Å². The van der Waals surface area contributed by atoms with Crippen LogP contribution in [-0.4, -0.2) is 64.4 Å². The first-order valence-electron chi connectivity index (χ1n) is 10.9. The first-order chi connectivity index (χ1) is 16.2. The van der Waals surface area contributed by atoms with Gasteiger partial charge in [-0.15, -0.1) is 11.3 Å². The predicted molar refractivity (Wildman–Crippen MR) is 129 cm³/mol. The molecule has 0 aliphatic carbocycles. The molecule has 34 heavy (non-hydrogen) atoms. The molecule has 1 fully saturated rings. The summed E-state index contributed by atoms with van der Waals surface area (Å²) in [7, 11) is -3.74. The lowest BCUT2D eigenvalue weighted by Crippen LogP contribution is -2.50. The molecule has 1 saturated heterocycles. The smallest absolute Gasteiger partial charge is 0.266 e. The van der Waals surface area contributed by atoms with E-state index >= 15 is 0 Å². The van der Waals surface area contributed by atoms with Crippen LogP contribution in [-0.2, 0) is 10.0 Å². The monoisotopic (exact) mass is 499 g/mol. The van der Waals surface area contributed by atoms with Crippen molar-refractivity contribution >= 4 is 37.5 Å². The molecule has 4 aromatic heterocycles. The standard InChI is InChI=1S/C23H25N5O4S2/c1-14-13-15(2)24-22-18(14)19(26-7-5-6-8-26)20(33-22)23(29)27-9-11-28(12-10-27)34(30,31)21-16(3)25-32-17(21)4/h5-8,13H,9-12H2,1-4H3. The molecule has 0 unspecified atom stereocenters. The van der Waals surface area contributed by atoms with E-state index < -0.39 is 10.0 Å². The summed E-state index contributed by atoms with van der Waals surface area (Å²) in [4.78, 5) is 21.6. The lowest BCUT2D eigenvalue weighted by atomic mass is 10.1. The molecule has 178 valence electrons. The van der Waals surface area contributed by atoms with Gasteiger partial charge >= 0.3 is 0 Å². The van der Waals surface area contributed by atoms with Crippen LogP contribution in [0, 0.1) is 27.7 Å². The summed E-state index contributed by atoms with van der Waals surface area (Å²) in [6, 6.07) is 5.87. The van der Waals surface area contributed by atoms with Gasteiger partial charge in [-0.1, -0.05) is 5.16 Å². The molecule has 11 heteroatoms. The second-order valence-electron chi connectivity index (χ2n) is 8.48. The Kier molecular flexibility index (Phi) is 5.58. The molecule has 0 saturated carbocycles. The number of thiophene rings is 1. The maximum atomic E-state index is 13.7. The van der Waals surface area contributed by atoms with Crippen molar-refractivity contribution in [3.05, 3.63) is 58.2 Å². The Bertz CT molecular complexity index is 1470. The van der Waals surface area contributed by atoms with E-state index in [0.717, 1.165) is 27.2 Å². The quantitative estimate of drug-likeness (QED) is 0.426. The first-order valence-corrected chi connectivity index (χ1v) is 13.2. The van der Waals surface area contributed by atoms with Crippen molar-refractivity contribution in [3.8, 4) is 5.69 Å². The summed E-state index contributed by atoms with van der Waals surface area (Å²) in [5, 5.41) is 4.74. The fourth-order valence-electron chi connectivity index (χ4n) is 4.54. The Morgan fingerprint density at radius 1 is 1.06 bits per heavy atom. The number of fused-ring (bicyclic) bond motifs is 1. The number of aromatic nitrogens is 3. The minimum Gasteiger partial charge on any atom is -0.360 e. The number of rotatable bonds is 4. The molecular weight excluding hydrogens is 474 g/mol. The van der Waals surface area contributed by atoms with Crippen LogP contribution in [0.4, 0.5) is 0 Å². The molecule has 0 atom stereocenters. The number of carbonyl (C=O) groups is 1. The molecule has 1 amide bonds. The highest BCUT2D eigenvalue weighted by atomic mass is 32.2. The van der Waals surface area contributed by atoms with Crippen LogP contribution in [0.15, 0.2) is 40.0 Å². The van der Waals surface area contributed by atoms with E-state index in [2.05, 4.69) is 10.1 Å². The number of nitrogens with zero attached hydrogens (tertiary/aromatic N) is 5. The van der Waals surface area contributed by atoms with Crippen LogP contribution in [0.5, 0.6) is 0 Å². The lowest BCUT2D eigenvalue weighted by Gasteiger charge is -2.33. The zero-order valence-corrected chi connectivity index (χ0v) is 21.0. The topological polar surface area (TPSA) is 102 Å². The first kappa shape index (κ1) is 22.8. The third-order valence-electron chi connectivity index (χ3n) is 6.11. The summed E-state index contributed by atoms with van der Waals surface area (Å²) < 4.78 is 34.7. The normalized spacial score (nSPS) is 15.4. The molecule has 5 rings (SSSR count). The summed E-state index contributed by atoms with van der Waals surface area (Å²) in [5.74, 6) is 0.161. The van der Waals surface area contributed by atoms with E-state index in [1.807, 2.05) is 49.0 Å². The van der Waals surface area contributed by atoms with Gasteiger partial charge in [0.1, 0.15) is 20.3 Å². The SMILES string of the molecule is Cc1cc(C)c2c(-n3cccc3)c(C(=O)N3CCN(S(=O)(=O)c4c(C)noc4C)CC3)sc2n1. The third-order valence-corrected chi connectivity index (χ3v) is 9.32. The van der Waals surface area contributed by atoms with Crippen LogP contribution < -0.4 is 0 Å². The van der Waals surface area contributed by atoms with E-state index in [4.69, 9.17) is 4.52 Å². The maximum absolute atomic E-state index is 13.7. The number of carbonyl (C=O) groups excluding carboxylic acids is 1. The van der Waals surface area contributed by atoms with E-state index in [-0.39, 0.29) is 29.7 Å². The summed E-state index contributed by atoms with van der Waals surface area (Å²) in [6.45, 7) is 8.19. The van der Waals surface area contributed by atoms with Crippen LogP contribution in [0.3, 0.4) is 0 Å². The molecule has 9 nitrogen and oxygen atoms in total. The second kappa shape index (κ2) is 8.33. The third kappa shape index (κ3) is 3.64. The van der Waals surface area contributed by atoms with Gasteiger partial charge in [0, 0.05) is 49.7 Å². The molecule has 4 aromatic rings. The zero-order valence-electron chi connectivity index (χ0n) is 19.4. The van der Waals surface area contributed by atoms with Gasteiger partial charge in [-0.2, -0.15) is 4.31 Å². The van der Waals surface area contributed by atoms with Gasteiger partial charge in [0.25, 0.3) is 5.91 Å². The van der Waals surface area contributed by atoms with Crippen molar-refractivity contribution in [2.24, 2.45) is 0 Å². The number of piperazine rings is 1. The largest absolute Gasteiger partial charge is 0.360 e. The van der Waals surface area contributed by atoms with Gasteiger partial charge < -0.3 is 14.0 Å².